The van der Waals surface area contributed by atoms with E-state index < -0.39 is 11.9 Å². The number of hydrogen-bond donors (Lipinski definition) is 2. The van der Waals surface area contributed by atoms with Gasteiger partial charge in [0, 0.05) is 5.92 Å². The first-order chi connectivity index (χ1) is 10.5. The molecule has 1 aliphatic rings. The molecular weight excluding hydrogens is 284 g/mol. The molecule has 5 nitrogen and oxygen atoms in total. The minimum absolute atomic E-state index is 0.0306. The molecule has 5 heteroatoms. The Balaban J connectivity index is 2.08. The van der Waals surface area contributed by atoms with E-state index in [1.54, 1.807) is 18.2 Å². The number of carboxylic acid groups (broad SMARTS) is 2. The number of carboxylic acids is 2. The van der Waals surface area contributed by atoms with Gasteiger partial charge < -0.3 is 14.9 Å². The number of aromatic carboxylic acids is 1. The molecule has 2 aromatic carbocycles. The van der Waals surface area contributed by atoms with Crippen LogP contribution in [0.25, 0.3) is 0 Å². The van der Waals surface area contributed by atoms with Crippen LogP contribution in [0.4, 0.5) is 0 Å². The van der Waals surface area contributed by atoms with Gasteiger partial charge in [0.2, 0.25) is 0 Å². The smallest absolute Gasteiger partial charge is 0.335 e. The molecule has 1 aliphatic heterocycles. The Hall–Kier alpha value is -2.82. The van der Waals surface area contributed by atoms with E-state index >= 15 is 0 Å². The van der Waals surface area contributed by atoms with E-state index in [1.165, 1.54) is 6.07 Å². The fraction of sp³-hybridized carbons (Fsp3) is 0.176. The van der Waals surface area contributed by atoms with Gasteiger partial charge in [0.15, 0.2) is 0 Å². The van der Waals surface area contributed by atoms with Crippen LogP contribution >= 0.6 is 0 Å². The van der Waals surface area contributed by atoms with Crippen molar-refractivity contribution >= 4 is 11.9 Å². The van der Waals surface area contributed by atoms with Crippen molar-refractivity contribution < 1.29 is 24.5 Å². The molecule has 22 heavy (non-hydrogen) atoms. The molecule has 0 aromatic heterocycles. The SMILES string of the molecule is O=C(O)CC1Cc2cc(C(=O)O)ccc2Oc2ccccc21. The quantitative estimate of drug-likeness (QED) is 0.908. The Morgan fingerprint density at radius 3 is 2.59 bits per heavy atom. The molecule has 0 aliphatic carbocycles. The van der Waals surface area contributed by atoms with E-state index in [2.05, 4.69) is 0 Å². The summed E-state index contributed by atoms with van der Waals surface area (Å²) in [6.45, 7) is 0. The molecule has 112 valence electrons. The van der Waals surface area contributed by atoms with Crippen molar-refractivity contribution in [2.75, 3.05) is 0 Å². The van der Waals surface area contributed by atoms with E-state index in [0.717, 1.165) is 5.56 Å². The maximum atomic E-state index is 11.1. The lowest BCUT2D eigenvalue weighted by Crippen LogP contribution is -2.09. The van der Waals surface area contributed by atoms with Gasteiger partial charge in [0.05, 0.1) is 12.0 Å². The number of rotatable bonds is 3. The van der Waals surface area contributed by atoms with Crippen LogP contribution in [-0.4, -0.2) is 22.2 Å². The molecule has 0 saturated heterocycles. The molecule has 1 unspecified atom stereocenters. The molecular formula is C17H14O5. The van der Waals surface area contributed by atoms with Gasteiger partial charge in [0.1, 0.15) is 11.5 Å². The molecule has 0 bridgehead atoms. The van der Waals surface area contributed by atoms with E-state index in [1.807, 2.05) is 18.2 Å². The summed E-state index contributed by atoms with van der Waals surface area (Å²) in [5, 5.41) is 18.2. The lowest BCUT2D eigenvalue weighted by molar-refractivity contribution is -0.137. The highest BCUT2D eigenvalue weighted by Crippen LogP contribution is 2.40. The summed E-state index contributed by atoms with van der Waals surface area (Å²) in [5.74, 6) is -0.961. The van der Waals surface area contributed by atoms with Gasteiger partial charge >= 0.3 is 11.9 Å². The van der Waals surface area contributed by atoms with E-state index in [9.17, 15) is 9.59 Å². The number of para-hydroxylation sites is 1. The molecule has 1 heterocycles. The van der Waals surface area contributed by atoms with Crippen LogP contribution in [0.2, 0.25) is 0 Å². The topological polar surface area (TPSA) is 83.8 Å². The summed E-state index contributed by atoms with van der Waals surface area (Å²) in [5.41, 5.74) is 1.71. The largest absolute Gasteiger partial charge is 0.481 e. The molecule has 2 N–H and O–H groups in total. The summed E-state index contributed by atoms with van der Waals surface area (Å²) in [7, 11) is 0. The van der Waals surface area contributed by atoms with Crippen molar-refractivity contribution in [1.82, 2.24) is 0 Å². The fourth-order valence-electron chi connectivity index (χ4n) is 2.77. The molecule has 0 radical (unpaired) electrons. The lowest BCUT2D eigenvalue weighted by Gasteiger charge is -2.14. The molecule has 0 spiro atoms. The molecule has 0 saturated carbocycles. The number of benzene rings is 2. The second kappa shape index (κ2) is 5.52. The van der Waals surface area contributed by atoms with Crippen LogP contribution in [0.15, 0.2) is 42.5 Å². The van der Waals surface area contributed by atoms with E-state index in [-0.39, 0.29) is 17.9 Å². The lowest BCUT2D eigenvalue weighted by atomic mass is 9.89. The average Bonchev–Trinajstić information content (AvgIpc) is 2.62. The van der Waals surface area contributed by atoms with Gasteiger partial charge in [-0.1, -0.05) is 18.2 Å². The van der Waals surface area contributed by atoms with Gasteiger partial charge in [-0.05, 0) is 41.8 Å². The zero-order valence-electron chi connectivity index (χ0n) is 11.7. The molecule has 0 amide bonds. The first-order valence-electron chi connectivity index (χ1n) is 6.89. The number of hydrogen-bond acceptors (Lipinski definition) is 3. The van der Waals surface area contributed by atoms with Gasteiger partial charge in [-0.2, -0.15) is 0 Å². The predicted molar refractivity (Wildman–Crippen MR) is 78.6 cm³/mol. The summed E-state index contributed by atoms with van der Waals surface area (Å²) in [6, 6.07) is 12.0. The number of aliphatic carboxylic acids is 1. The maximum absolute atomic E-state index is 11.1. The van der Waals surface area contributed by atoms with Crippen molar-refractivity contribution in [2.24, 2.45) is 0 Å². The van der Waals surface area contributed by atoms with Crippen LogP contribution < -0.4 is 4.74 Å². The van der Waals surface area contributed by atoms with Crippen LogP contribution in [-0.2, 0) is 11.2 Å². The second-order valence-electron chi connectivity index (χ2n) is 5.27. The summed E-state index contributed by atoms with van der Waals surface area (Å²) in [6.07, 6.45) is 0.400. The van der Waals surface area contributed by atoms with Gasteiger partial charge in [-0.25, -0.2) is 4.79 Å². The zero-order chi connectivity index (χ0) is 15.7. The monoisotopic (exact) mass is 298 g/mol. The molecule has 1 atom stereocenters. The van der Waals surface area contributed by atoms with Crippen LogP contribution in [0.5, 0.6) is 11.5 Å². The van der Waals surface area contributed by atoms with Crippen molar-refractivity contribution in [3.05, 3.63) is 59.2 Å². The number of carbonyl (C=O) groups is 2. The third-order valence-corrected chi connectivity index (χ3v) is 3.77. The minimum Gasteiger partial charge on any atom is -0.481 e. The average molecular weight is 298 g/mol. The third kappa shape index (κ3) is 2.65. The number of ether oxygens (including phenoxy) is 1. The van der Waals surface area contributed by atoms with Crippen LogP contribution in [0.1, 0.15) is 33.8 Å². The van der Waals surface area contributed by atoms with Gasteiger partial charge in [-0.15, -0.1) is 0 Å². The van der Waals surface area contributed by atoms with Crippen LogP contribution in [0, 0.1) is 0 Å². The Kier molecular flexibility index (Phi) is 3.55. The second-order valence-corrected chi connectivity index (χ2v) is 5.27. The molecule has 2 aromatic rings. The van der Waals surface area contributed by atoms with Crippen molar-refractivity contribution in [1.29, 1.82) is 0 Å². The van der Waals surface area contributed by atoms with E-state index in [0.29, 0.717) is 23.5 Å². The standard InChI is InChI=1S/C17H14O5/c18-16(19)9-11-8-12-7-10(17(20)21)5-6-14(12)22-15-4-2-1-3-13(11)15/h1-7,11H,8-9H2,(H,18,19)(H,20,21). The first kappa shape index (κ1) is 14.1. The Bertz CT molecular complexity index is 750. The Labute approximate surface area is 126 Å². The summed E-state index contributed by atoms with van der Waals surface area (Å²) < 4.78 is 5.86. The summed E-state index contributed by atoms with van der Waals surface area (Å²) in [4.78, 5) is 22.3. The van der Waals surface area contributed by atoms with Crippen LogP contribution in [0.3, 0.4) is 0 Å². The zero-order valence-corrected chi connectivity index (χ0v) is 11.7. The highest BCUT2D eigenvalue weighted by atomic mass is 16.5. The Morgan fingerprint density at radius 1 is 1.09 bits per heavy atom. The van der Waals surface area contributed by atoms with E-state index in [4.69, 9.17) is 14.9 Å². The molecule has 3 rings (SSSR count). The molecule has 0 fully saturated rings. The number of fused-ring (bicyclic) bond motifs is 2. The third-order valence-electron chi connectivity index (χ3n) is 3.77. The summed E-state index contributed by atoms with van der Waals surface area (Å²) >= 11 is 0. The van der Waals surface area contributed by atoms with Crippen molar-refractivity contribution in [3.8, 4) is 11.5 Å². The fourth-order valence-corrected chi connectivity index (χ4v) is 2.77. The Morgan fingerprint density at radius 2 is 1.86 bits per heavy atom. The van der Waals surface area contributed by atoms with Crippen molar-refractivity contribution in [3.63, 3.8) is 0 Å². The normalized spacial score (nSPS) is 15.9. The van der Waals surface area contributed by atoms with Gasteiger partial charge in [-0.3, -0.25) is 4.79 Å². The highest BCUT2D eigenvalue weighted by molar-refractivity contribution is 5.88. The maximum Gasteiger partial charge on any atom is 0.335 e. The highest BCUT2D eigenvalue weighted by Gasteiger charge is 2.25. The predicted octanol–water partition coefficient (Wildman–Crippen LogP) is 3.29. The van der Waals surface area contributed by atoms with Crippen molar-refractivity contribution in [2.45, 2.75) is 18.8 Å². The first-order valence-corrected chi connectivity index (χ1v) is 6.89. The van der Waals surface area contributed by atoms with Gasteiger partial charge in [0.25, 0.3) is 0 Å². The minimum atomic E-state index is -1.01.